The Labute approximate surface area is 165 Å². The summed E-state index contributed by atoms with van der Waals surface area (Å²) in [5.74, 6) is 0.469. The number of ether oxygens (including phenoxy) is 3. The van der Waals surface area contributed by atoms with Crippen LogP contribution in [0.1, 0.15) is 18.5 Å². The number of nitrogens with one attached hydrogen (secondary N) is 2. The number of hydrogen-bond donors (Lipinski definition) is 2. The molecule has 10 nitrogen and oxygen atoms in total. The van der Waals surface area contributed by atoms with Crippen LogP contribution < -0.4 is 20.1 Å². The highest BCUT2D eigenvalue weighted by molar-refractivity contribution is 7.80. The molecule has 11 heteroatoms. The second kappa shape index (κ2) is 7.24. The summed E-state index contributed by atoms with van der Waals surface area (Å²) in [7, 11) is 0. The van der Waals surface area contributed by atoms with Crippen molar-refractivity contribution in [1.29, 1.82) is 0 Å². The van der Waals surface area contributed by atoms with Gasteiger partial charge in [0.2, 0.25) is 6.79 Å². The lowest BCUT2D eigenvalue weighted by molar-refractivity contribution is -0.385. The van der Waals surface area contributed by atoms with Crippen molar-refractivity contribution in [2.24, 2.45) is 0 Å². The van der Waals surface area contributed by atoms with E-state index in [1.54, 1.807) is 11.8 Å². The minimum absolute atomic E-state index is 0.0115. The summed E-state index contributed by atoms with van der Waals surface area (Å²) < 4.78 is 16.0. The molecular weight excluding hydrogens is 388 g/mol. The lowest BCUT2D eigenvalue weighted by Crippen LogP contribution is -2.49. The zero-order valence-electron chi connectivity index (χ0n) is 15.0. The molecule has 1 atom stereocenters. The quantitative estimate of drug-likeness (QED) is 0.430. The number of morpholine rings is 1. The summed E-state index contributed by atoms with van der Waals surface area (Å²) in [5, 5.41) is 17.9. The third kappa shape index (κ3) is 3.22. The molecule has 1 amide bonds. The smallest absolute Gasteiger partial charge is 0.279 e. The van der Waals surface area contributed by atoms with Gasteiger partial charge >= 0.3 is 0 Å². The molecule has 0 saturated carbocycles. The second-order valence-electron chi connectivity index (χ2n) is 6.50. The normalized spacial score (nSPS) is 21.2. The maximum absolute atomic E-state index is 13.2. The van der Waals surface area contributed by atoms with E-state index in [1.807, 2.05) is 0 Å². The fraction of sp³-hybridized carbons (Fsp3) is 0.412. The number of nitro benzene ring substituents is 1. The van der Waals surface area contributed by atoms with E-state index in [9.17, 15) is 14.9 Å². The van der Waals surface area contributed by atoms with Gasteiger partial charge in [-0.1, -0.05) is 0 Å². The van der Waals surface area contributed by atoms with Crippen LogP contribution in [-0.4, -0.2) is 53.9 Å². The third-order valence-electron chi connectivity index (χ3n) is 4.83. The molecule has 2 N–H and O–H groups in total. The minimum atomic E-state index is -0.793. The standard InChI is InChI=1S/C17H18N4O6S/c1-9-14(16(22)20-2-4-25-5-3-20)15(19-17(28)18-9)10-6-12-13(27-8-26-12)7-11(10)21(23)24/h6-7,15H,2-5,8H2,1H3,(H2,18,19,28)/t15-/m1/s1. The molecule has 148 valence electrons. The van der Waals surface area contributed by atoms with Crippen molar-refractivity contribution < 1.29 is 23.9 Å². The number of amides is 1. The van der Waals surface area contributed by atoms with Gasteiger partial charge in [0.1, 0.15) is 0 Å². The Morgan fingerprint density at radius 1 is 1.29 bits per heavy atom. The molecule has 0 aromatic heterocycles. The molecule has 1 saturated heterocycles. The van der Waals surface area contributed by atoms with Crippen molar-refractivity contribution in [2.75, 3.05) is 33.1 Å². The predicted octanol–water partition coefficient (Wildman–Crippen LogP) is 0.975. The van der Waals surface area contributed by atoms with Crippen molar-refractivity contribution in [3.05, 3.63) is 39.1 Å². The van der Waals surface area contributed by atoms with E-state index in [4.69, 9.17) is 26.4 Å². The summed E-state index contributed by atoms with van der Waals surface area (Å²) in [5.41, 5.74) is 1.04. The summed E-state index contributed by atoms with van der Waals surface area (Å²) in [6.45, 7) is 3.53. The molecule has 1 aromatic carbocycles. The maximum Gasteiger partial charge on any atom is 0.279 e. The van der Waals surface area contributed by atoms with Crippen LogP contribution >= 0.6 is 12.2 Å². The molecule has 28 heavy (non-hydrogen) atoms. The zero-order chi connectivity index (χ0) is 19.8. The molecule has 3 heterocycles. The summed E-state index contributed by atoms with van der Waals surface area (Å²) in [6.07, 6.45) is 0. The zero-order valence-corrected chi connectivity index (χ0v) is 15.8. The fourth-order valence-corrected chi connectivity index (χ4v) is 3.75. The van der Waals surface area contributed by atoms with Crippen LogP contribution in [-0.2, 0) is 9.53 Å². The number of fused-ring (bicyclic) bond motifs is 1. The van der Waals surface area contributed by atoms with Crippen molar-refractivity contribution in [1.82, 2.24) is 15.5 Å². The Hall–Kier alpha value is -2.92. The first-order chi connectivity index (χ1) is 13.5. The first-order valence-electron chi connectivity index (χ1n) is 8.69. The number of carbonyl (C=O) groups is 1. The van der Waals surface area contributed by atoms with Gasteiger partial charge in [-0.3, -0.25) is 14.9 Å². The average molecular weight is 406 g/mol. The fourth-order valence-electron chi connectivity index (χ4n) is 3.48. The SMILES string of the molecule is CC1=C(C(=O)N2CCOCC2)[C@@H](c2cc3c(cc2[N+](=O)[O-])OCO3)NC(=S)N1. The van der Waals surface area contributed by atoms with Gasteiger partial charge in [-0.25, -0.2) is 0 Å². The largest absolute Gasteiger partial charge is 0.454 e. The summed E-state index contributed by atoms with van der Waals surface area (Å²) in [6, 6.07) is 2.06. The molecular formula is C17H18N4O6S. The first-order valence-corrected chi connectivity index (χ1v) is 9.09. The molecule has 0 bridgehead atoms. The number of nitrogens with zero attached hydrogens (tertiary/aromatic N) is 2. The highest BCUT2D eigenvalue weighted by atomic mass is 32.1. The highest BCUT2D eigenvalue weighted by Gasteiger charge is 2.38. The van der Waals surface area contributed by atoms with E-state index in [0.717, 1.165) is 0 Å². The maximum atomic E-state index is 13.2. The molecule has 0 unspecified atom stereocenters. The molecule has 4 rings (SSSR count). The van der Waals surface area contributed by atoms with Gasteiger partial charge in [-0.15, -0.1) is 0 Å². The summed E-state index contributed by atoms with van der Waals surface area (Å²) in [4.78, 5) is 26.1. The van der Waals surface area contributed by atoms with Gasteiger partial charge in [0.25, 0.3) is 11.6 Å². The number of thiocarbonyl (C=S) groups is 1. The van der Waals surface area contributed by atoms with Crippen molar-refractivity contribution in [3.63, 3.8) is 0 Å². The van der Waals surface area contributed by atoms with Crippen molar-refractivity contribution in [2.45, 2.75) is 13.0 Å². The topological polar surface area (TPSA) is 115 Å². The van der Waals surface area contributed by atoms with Gasteiger partial charge in [-0.05, 0) is 25.2 Å². The Kier molecular flexibility index (Phi) is 4.77. The number of hydrogen-bond acceptors (Lipinski definition) is 7. The van der Waals surface area contributed by atoms with Crippen molar-refractivity contribution in [3.8, 4) is 11.5 Å². The second-order valence-corrected chi connectivity index (χ2v) is 6.90. The number of rotatable bonds is 3. The van der Waals surface area contributed by atoms with E-state index >= 15 is 0 Å². The molecule has 1 fully saturated rings. The molecule has 1 aromatic rings. The molecule has 0 radical (unpaired) electrons. The van der Waals surface area contributed by atoms with Crippen LogP contribution in [0.25, 0.3) is 0 Å². The molecule has 3 aliphatic heterocycles. The van der Waals surface area contributed by atoms with E-state index in [2.05, 4.69) is 10.6 Å². The minimum Gasteiger partial charge on any atom is -0.454 e. The average Bonchev–Trinajstić information content (AvgIpc) is 3.14. The van der Waals surface area contributed by atoms with Crippen LogP contribution in [0.15, 0.2) is 23.4 Å². The number of benzene rings is 1. The third-order valence-corrected chi connectivity index (χ3v) is 5.05. The van der Waals surface area contributed by atoms with E-state index in [-0.39, 0.29) is 29.1 Å². The molecule has 0 aliphatic carbocycles. The van der Waals surface area contributed by atoms with Crippen LogP contribution in [0.4, 0.5) is 5.69 Å². The Bertz CT molecular complexity index is 896. The number of allylic oxidation sites excluding steroid dienone is 1. The molecule has 3 aliphatic rings. The van der Waals surface area contributed by atoms with Gasteiger partial charge in [0, 0.05) is 18.8 Å². The number of nitro groups is 1. The number of carbonyl (C=O) groups excluding carboxylic acids is 1. The van der Waals surface area contributed by atoms with E-state index < -0.39 is 11.0 Å². The lowest BCUT2D eigenvalue weighted by Gasteiger charge is -2.34. The van der Waals surface area contributed by atoms with Gasteiger partial charge in [-0.2, -0.15) is 0 Å². The van der Waals surface area contributed by atoms with Gasteiger partial charge < -0.3 is 29.7 Å². The van der Waals surface area contributed by atoms with Crippen molar-refractivity contribution >= 4 is 28.9 Å². The van der Waals surface area contributed by atoms with Crippen LogP contribution in [0.5, 0.6) is 11.5 Å². The Morgan fingerprint density at radius 2 is 1.96 bits per heavy atom. The highest BCUT2D eigenvalue weighted by Crippen LogP contribution is 2.42. The van der Waals surface area contributed by atoms with E-state index in [1.165, 1.54) is 12.1 Å². The monoisotopic (exact) mass is 406 g/mol. The Morgan fingerprint density at radius 3 is 2.64 bits per heavy atom. The van der Waals surface area contributed by atoms with Crippen LogP contribution in [0, 0.1) is 10.1 Å². The van der Waals surface area contributed by atoms with E-state index in [0.29, 0.717) is 49.1 Å². The van der Waals surface area contributed by atoms with Gasteiger partial charge in [0.05, 0.1) is 41.4 Å². The summed E-state index contributed by atoms with van der Waals surface area (Å²) >= 11 is 5.24. The first kappa shape index (κ1) is 18.4. The van der Waals surface area contributed by atoms with Crippen LogP contribution in [0.2, 0.25) is 0 Å². The lowest BCUT2D eigenvalue weighted by atomic mass is 9.92. The van der Waals surface area contributed by atoms with Crippen LogP contribution in [0.3, 0.4) is 0 Å². The molecule has 0 spiro atoms. The Balaban J connectivity index is 1.80. The van der Waals surface area contributed by atoms with Gasteiger partial charge in [0.15, 0.2) is 16.6 Å². The predicted molar refractivity (Wildman–Crippen MR) is 101 cm³/mol.